The molecule has 0 saturated carbocycles. The van der Waals surface area contributed by atoms with Crippen LogP contribution in [0.3, 0.4) is 0 Å². The van der Waals surface area contributed by atoms with E-state index in [1.54, 1.807) is 34.6 Å². The molecule has 0 aliphatic rings. The highest BCUT2D eigenvalue weighted by Crippen LogP contribution is 2.18. The van der Waals surface area contributed by atoms with Gasteiger partial charge in [-0.25, -0.2) is 4.79 Å². The van der Waals surface area contributed by atoms with E-state index >= 15 is 0 Å². The van der Waals surface area contributed by atoms with Crippen LogP contribution in [0.4, 0.5) is 0 Å². The first-order chi connectivity index (χ1) is 62.0. The Hall–Kier alpha value is -12.0. The fraction of sp³-hybridized carbons (Fsp3) is 0.728. The fourth-order valence-corrected chi connectivity index (χ4v) is 12.6. The molecule has 23 atom stereocenters. The predicted molar refractivity (Wildman–Crippen MR) is 468 cm³/mol. The molecule has 0 saturated heterocycles. The standard InChI is InChI=1S/C81H141N21O31/c1-15-37(8)59(75(126)93-50(31-57(114)115)72(123)88-46(23-19-21-27-83)69(120)101-63(42(13)106)79(130)97-58(36(6)7)81(132)133)96-54(109)32-86-67(118)47(24-25-55(110)111)89-68(119)45(22-18-20-26-82)90-76(127)60(38(9)16-2)98-77(128)61(39(10)17-3)99-80(131)64(43(14)107)102-74(125)52(34-104)95-73(124)51(33-103)94-65(116)40(11)87-70(121)48(28-35(4)5)91-71(122)49(30-53(85)108)92-78(129)62(41(12)105)100-66(117)44(84)29-56(112)113/h35-52,58-64,103-107H,15-34,82-84H2,1-14H3,(H2,85,108)(H,86,118)(H,87,121)(H,88,123)(H,89,119)(H,90,127)(H,91,122)(H,92,129)(H,93,126)(H,94,116)(H,95,124)(H,96,109)(H,97,130)(H,98,128)(H,99,131)(H,100,117)(H,101,120)(H,102,125)(H,110,111)(H,112,113)(H,114,115)(H,132,133). The van der Waals surface area contributed by atoms with Gasteiger partial charge in [-0.1, -0.05) is 88.5 Å². The molecule has 52 nitrogen and oxygen atoms in total. The minimum Gasteiger partial charge on any atom is -0.481 e. The lowest BCUT2D eigenvalue weighted by Gasteiger charge is -2.31. The molecule has 0 fully saturated rings. The zero-order valence-electron chi connectivity index (χ0n) is 77.4. The van der Waals surface area contributed by atoms with Crippen molar-refractivity contribution < 1.29 is 151 Å². The number of carbonyl (C=O) groups excluding carboxylic acids is 18. The molecule has 756 valence electrons. The fourth-order valence-electron chi connectivity index (χ4n) is 12.6. The number of carbonyl (C=O) groups is 22. The Morgan fingerprint density at radius 2 is 0.617 bits per heavy atom. The Labute approximate surface area is 768 Å². The number of rotatable bonds is 66. The van der Waals surface area contributed by atoms with E-state index in [4.69, 9.17) is 28.0 Å². The second kappa shape index (κ2) is 61.7. The monoisotopic (exact) mass is 1900 g/mol. The molecule has 0 aromatic carbocycles. The molecular weight excluding hydrogens is 1760 g/mol. The molecule has 18 amide bonds. The molecule has 0 aliphatic carbocycles. The zero-order valence-corrected chi connectivity index (χ0v) is 77.4. The first kappa shape index (κ1) is 121. The molecule has 0 bridgehead atoms. The summed E-state index contributed by atoms with van der Waals surface area (Å²) < 4.78 is 0. The molecular formula is C81H141N21O31. The van der Waals surface area contributed by atoms with Gasteiger partial charge in [0.1, 0.15) is 96.7 Å². The second-order valence-electron chi connectivity index (χ2n) is 33.3. The molecule has 0 aliphatic heterocycles. The quantitative estimate of drug-likeness (QED) is 0.0251. The summed E-state index contributed by atoms with van der Waals surface area (Å²) in [7, 11) is 0. The number of nitrogens with two attached hydrogens (primary N) is 4. The van der Waals surface area contributed by atoms with E-state index < -0.39 is 333 Å². The maximum atomic E-state index is 14.6. The van der Waals surface area contributed by atoms with Crippen LogP contribution in [0.2, 0.25) is 0 Å². The average molecular weight is 1910 g/mol. The van der Waals surface area contributed by atoms with Crippen molar-refractivity contribution in [2.45, 2.75) is 314 Å². The number of primary amides is 1. The summed E-state index contributed by atoms with van der Waals surface area (Å²) >= 11 is 0. The summed E-state index contributed by atoms with van der Waals surface area (Å²) in [6, 6.07) is -29.6. The molecule has 0 heterocycles. The van der Waals surface area contributed by atoms with Crippen molar-refractivity contribution in [1.82, 2.24) is 90.4 Å². The van der Waals surface area contributed by atoms with Crippen molar-refractivity contribution in [3.8, 4) is 0 Å². The van der Waals surface area contributed by atoms with Gasteiger partial charge in [0, 0.05) is 6.42 Å². The molecule has 0 spiro atoms. The van der Waals surface area contributed by atoms with Gasteiger partial charge in [0.15, 0.2) is 0 Å². The second-order valence-corrected chi connectivity index (χ2v) is 33.3. The molecule has 0 aromatic rings. The highest BCUT2D eigenvalue weighted by atomic mass is 16.4. The summed E-state index contributed by atoms with van der Waals surface area (Å²) in [6.07, 6.45) is -8.77. The lowest BCUT2D eigenvalue weighted by molar-refractivity contribution is -0.144. The van der Waals surface area contributed by atoms with E-state index in [0.29, 0.717) is 6.42 Å². The van der Waals surface area contributed by atoms with Gasteiger partial charge in [0.2, 0.25) is 106 Å². The first-order valence-corrected chi connectivity index (χ1v) is 43.7. The lowest BCUT2D eigenvalue weighted by atomic mass is 9.94. The Balaban J connectivity index is 6.85. The molecule has 23 unspecified atom stereocenters. The van der Waals surface area contributed by atoms with Gasteiger partial charge < -0.3 is 159 Å². The van der Waals surface area contributed by atoms with Crippen LogP contribution in [0.15, 0.2) is 0 Å². The number of amides is 18. The molecule has 0 aromatic heterocycles. The summed E-state index contributed by atoms with van der Waals surface area (Å²) in [6.45, 7) is 16.6. The minimum atomic E-state index is -2.03. The van der Waals surface area contributed by atoms with Gasteiger partial charge in [-0.3, -0.25) is 101 Å². The van der Waals surface area contributed by atoms with Gasteiger partial charge in [0.05, 0.1) is 63.4 Å². The number of unbranched alkanes of at least 4 members (excludes halogenated alkanes) is 2. The summed E-state index contributed by atoms with van der Waals surface area (Å²) in [5, 5.41) is 130. The van der Waals surface area contributed by atoms with E-state index in [2.05, 4.69) is 90.4 Å². The third-order valence-electron chi connectivity index (χ3n) is 21.2. The summed E-state index contributed by atoms with van der Waals surface area (Å²) in [4.78, 5) is 295. The summed E-state index contributed by atoms with van der Waals surface area (Å²) in [5.41, 5.74) is 22.4. The van der Waals surface area contributed by atoms with Crippen LogP contribution in [-0.2, 0) is 105 Å². The zero-order chi connectivity index (χ0) is 102. The van der Waals surface area contributed by atoms with Gasteiger partial charge in [-0.05, 0) is 122 Å². The molecule has 52 heteroatoms. The SMILES string of the molecule is CCC(C)C(NC(=O)CNC(=O)C(CCC(=O)O)NC(=O)C(CCCCN)NC(=O)C(NC(=O)C(NC(=O)C(NC(=O)C(CO)NC(=O)C(CO)NC(=O)C(C)NC(=O)C(CC(C)C)NC(=O)C(CC(N)=O)NC(=O)C(NC(=O)C(N)CC(=O)O)C(C)O)C(C)O)C(C)CC)C(C)CC)C(=O)NC(CC(=O)O)C(=O)NC(CCCCN)C(=O)NC(C(=O)NC(C(=O)O)C(C)C)C(C)O. The summed E-state index contributed by atoms with van der Waals surface area (Å²) in [5.74, 6) is -30.5. The van der Waals surface area contributed by atoms with Crippen LogP contribution in [0, 0.1) is 29.6 Å². The van der Waals surface area contributed by atoms with E-state index in [1.807, 2.05) is 0 Å². The van der Waals surface area contributed by atoms with Crippen LogP contribution in [0.25, 0.3) is 0 Å². The number of aliphatic carboxylic acids is 4. The van der Waals surface area contributed by atoms with Crippen LogP contribution < -0.4 is 113 Å². The topological polar surface area (TPSA) is 866 Å². The predicted octanol–water partition coefficient (Wildman–Crippen LogP) is -10.8. The van der Waals surface area contributed by atoms with Crippen molar-refractivity contribution >= 4 is 130 Å². The highest BCUT2D eigenvalue weighted by Gasteiger charge is 2.42. The molecule has 0 rings (SSSR count). The third kappa shape index (κ3) is 44.4. The molecule has 0 radical (unpaired) electrons. The van der Waals surface area contributed by atoms with Crippen LogP contribution in [0.5, 0.6) is 0 Å². The smallest absolute Gasteiger partial charge is 0.326 e. The van der Waals surface area contributed by atoms with E-state index in [9.17, 15) is 146 Å². The van der Waals surface area contributed by atoms with E-state index in [0.717, 1.165) is 27.7 Å². The van der Waals surface area contributed by atoms with E-state index in [1.165, 1.54) is 34.6 Å². The maximum absolute atomic E-state index is 14.6. The number of aliphatic hydroxyl groups excluding tert-OH is 5. The van der Waals surface area contributed by atoms with Crippen molar-refractivity contribution in [1.29, 1.82) is 0 Å². The van der Waals surface area contributed by atoms with Crippen LogP contribution in [-0.4, -0.2) is 330 Å². The first-order valence-electron chi connectivity index (χ1n) is 43.7. The number of aliphatic hydroxyl groups is 5. The number of carboxylic acids is 4. The largest absolute Gasteiger partial charge is 0.481 e. The Bertz CT molecular complexity index is 3950. The average Bonchev–Trinajstić information content (AvgIpc) is 0.830. The van der Waals surface area contributed by atoms with Gasteiger partial charge in [-0.2, -0.15) is 0 Å². The Kier molecular flexibility index (Phi) is 56.1. The lowest BCUT2D eigenvalue weighted by Crippen LogP contribution is -2.63. The van der Waals surface area contributed by atoms with Gasteiger partial charge in [0.25, 0.3) is 0 Å². The normalized spacial score (nSPS) is 16.5. The van der Waals surface area contributed by atoms with Crippen LogP contribution >= 0.6 is 0 Å². The maximum Gasteiger partial charge on any atom is 0.326 e. The van der Waals surface area contributed by atoms with Gasteiger partial charge in [-0.15, -0.1) is 0 Å². The molecule has 133 heavy (non-hydrogen) atoms. The Morgan fingerprint density at radius 1 is 0.308 bits per heavy atom. The van der Waals surface area contributed by atoms with Crippen molar-refractivity contribution in [2.24, 2.45) is 52.5 Å². The van der Waals surface area contributed by atoms with Gasteiger partial charge >= 0.3 is 23.9 Å². The highest BCUT2D eigenvalue weighted by molar-refractivity contribution is 6.02. The number of nitrogens with one attached hydrogen (secondary N) is 17. The van der Waals surface area contributed by atoms with Crippen LogP contribution in [0.1, 0.15) is 193 Å². The Morgan fingerprint density at radius 3 is 0.992 bits per heavy atom. The van der Waals surface area contributed by atoms with E-state index in [-0.39, 0.29) is 70.9 Å². The molecule has 34 N–H and O–H groups in total. The number of carboxylic acid groups (broad SMARTS) is 4. The van der Waals surface area contributed by atoms with Crippen molar-refractivity contribution in [3.63, 3.8) is 0 Å². The van der Waals surface area contributed by atoms with Crippen molar-refractivity contribution in [3.05, 3.63) is 0 Å². The minimum absolute atomic E-state index is 0.0830. The van der Waals surface area contributed by atoms with Crippen molar-refractivity contribution in [2.75, 3.05) is 32.8 Å². The number of hydrogen-bond acceptors (Lipinski definition) is 30. The number of hydrogen-bond donors (Lipinski definition) is 30. The third-order valence-corrected chi connectivity index (χ3v) is 21.2.